The van der Waals surface area contributed by atoms with Gasteiger partial charge in [0, 0.05) is 6.20 Å². The third-order valence-corrected chi connectivity index (χ3v) is 3.88. The van der Waals surface area contributed by atoms with Gasteiger partial charge in [-0.15, -0.1) is 11.6 Å². The highest BCUT2D eigenvalue weighted by Gasteiger charge is 2.17. The van der Waals surface area contributed by atoms with Crippen molar-refractivity contribution in [2.75, 3.05) is 0 Å². The lowest BCUT2D eigenvalue weighted by molar-refractivity contribution is 0.736. The van der Waals surface area contributed by atoms with Crippen molar-refractivity contribution >= 4 is 22.8 Å². The number of imidazole rings is 1. The van der Waals surface area contributed by atoms with Gasteiger partial charge in [0.25, 0.3) is 0 Å². The third kappa shape index (κ3) is 2.66. The Morgan fingerprint density at radius 2 is 1.86 bits per heavy atom. The molecular weight excluding hydrogens is 282 g/mol. The van der Waals surface area contributed by atoms with E-state index >= 15 is 0 Å². The quantitative estimate of drug-likeness (QED) is 0.671. The second kappa shape index (κ2) is 5.49. The van der Waals surface area contributed by atoms with Crippen molar-refractivity contribution in [2.45, 2.75) is 32.7 Å². The molecule has 0 bridgehead atoms. The Balaban J connectivity index is 2.13. The van der Waals surface area contributed by atoms with Crippen LogP contribution in [0, 0.1) is 13.8 Å². The van der Waals surface area contributed by atoms with Crippen molar-refractivity contribution in [3.05, 3.63) is 59.0 Å². The van der Waals surface area contributed by atoms with E-state index in [1.54, 1.807) is 0 Å². The monoisotopic (exact) mass is 299 g/mol. The number of benzene rings is 1. The maximum Gasteiger partial charge on any atom is 0.160 e. The Morgan fingerprint density at radius 3 is 2.52 bits per heavy atom. The lowest BCUT2D eigenvalue weighted by Gasteiger charge is -2.10. The molecule has 2 aromatic heterocycles. The van der Waals surface area contributed by atoms with Gasteiger partial charge in [0.05, 0.1) is 11.9 Å². The molecule has 21 heavy (non-hydrogen) atoms. The van der Waals surface area contributed by atoms with E-state index in [9.17, 15) is 0 Å². The van der Waals surface area contributed by atoms with Crippen LogP contribution in [0.2, 0.25) is 0 Å². The van der Waals surface area contributed by atoms with Gasteiger partial charge in [-0.1, -0.05) is 29.8 Å². The van der Waals surface area contributed by atoms with Crippen LogP contribution in [0.1, 0.15) is 34.8 Å². The Morgan fingerprint density at radius 1 is 1.14 bits per heavy atom. The normalized spacial score (nSPS) is 12.8. The summed E-state index contributed by atoms with van der Waals surface area (Å²) >= 11 is 6.31. The topological polar surface area (TPSA) is 30.7 Å². The van der Waals surface area contributed by atoms with Gasteiger partial charge < -0.3 is 4.57 Å². The van der Waals surface area contributed by atoms with E-state index in [1.165, 1.54) is 11.1 Å². The number of nitrogens with zero attached hydrogens (tertiary/aromatic N) is 3. The summed E-state index contributed by atoms with van der Waals surface area (Å²) in [4.78, 5) is 9.19. The largest absolute Gasteiger partial charge is 0.307 e. The van der Waals surface area contributed by atoms with Crippen molar-refractivity contribution in [1.29, 1.82) is 0 Å². The van der Waals surface area contributed by atoms with Gasteiger partial charge in [-0.2, -0.15) is 0 Å². The Labute approximate surface area is 129 Å². The highest BCUT2D eigenvalue weighted by Crippen LogP contribution is 2.26. The molecule has 0 spiro atoms. The van der Waals surface area contributed by atoms with Gasteiger partial charge in [0.15, 0.2) is 5.65 Å². The third-order valence-electron chi connectivity index (χ3n) is 3.68. The summed E-state index contributed by atoms with van der Waals surface area (Å²) in [5, 5.41) is -0.149. The van der Waals surface area contributed by atoms with Crippen LogP contribution in [0.5, 0.6) is 0 Å². The van der Waals surface area contributed by atoms with Crippen molar-refractivity contribution in [1.82, 2.24) is 14.5 Å². The van der Waals surface area contributed by atoms with Crippen LogP contribution >= 0.6 is 11.6 Å². The molecule has 0 amide bonds. The molecule has 0 aliphatic heterocycles. The molecule has 0 aliphatic carbocycles. The Kier molecular flexibility index (Phi) is 3.68. The predicted molar refractivity (Wildman–Crippen MR) is 86.8 cm³/mol. The van der Waals surface area contributed by atoms with Crippen LogP contribution in [0.4, 0.5) is 0 Å². The second-order valence-corrected chi connectivity index (χ2v) is 6.11. The van der Waals surface area contributed by atoms with Crippen LogP contribution in [0.25, 0.3) is 11.2 Å². The van der Waals surface area contributed by atoms with E-state index in [-0.39, 0.29) is 5.38 Å². The van der Waals surface area contributed by atoms with E-state index in [0.29, 0.717) is 0 Å². The SMILES string of the molecule is Cc1ccc(Cn2c(C(C)Cl)nc3c(C)ccnc32)cc1. The van der Waals surface area contributed by atoms with Gasteiger partial charge in [-0.3, -0.25) is 0 Å². The minimum atomic E-state index is -0.149. The zero-order valence-electron chi connectivity index (χ0n) is 12.5. The first-order valence-electron chi connectivity index (χ1n) is 7.07. The molecule has 0 saturated heterocycles. The van der Waals surface area contributed by atoms with Gasteiger partial charge in [-0.05, 0) is 38.0 Å². The molecular formula is C17H18ClN3. The molecule has 3 aromatic rings. The lowest BCUT2D eigenvalue weighted by atomic mass is 10.1. The summed E-state index contributed by atoms with van der Waals surface area (Å²) in [6.07, 6.45) is 1.83. The lowest BCUT2D eigenvalue weighted by Crippen LogP contribution is -2.06. The number of aromatic nitrogens is 3. The maximum atomic E-state index is 6.31. The van der Waals surface area contributed by atoms with Crippen molar-refractivity contribution in [3.8, 4) is 0 Å². The fraction of sp³-hybridized carbons (Fsp3) is 0.294. The van der Waals surface area contributed by atoms with E-state index in [1.807, 2.05) is 19.2 Å². The van der Waals surface area contributed by atoms with Crippen LogP contribution in [-0.4, -0.2) is 14.5 Å². The first-order chi connectivity index (χ1) is 10.1. The second-order valence-electron chi connectivity index (χ2n) is 5.46. The fourth-order valence-corrected chi connectivity index (χ4v) is 2.66. The van der Waals surface area contributed by atoms with E-state index in [2.05, 4.69) is 47.7 Å². The van der Waals surface area contributed by atoms with E-state index < -0.39 is 0 Å². The maximum absolute atomic E-state index is 6.31. The smallest absolute Gasteiger partial charge is 0.160 e. The molecule has 3 nitrogen and oxygen atoms in total. The van der Waals surface area contributed by atoms with Crippen molar-refractivity contribution in [2.24, 2.45) is 0 Å². The van der Waals surface area contributed by atoms with Crippen LogP contribution < -0.4 is 0 Å². The fourth-order valence-electron chi connectivity index (χ4n) is 2.49. The standard InChI is InChI=1S/C17H18ClN3/c1-11-4-6-14(7-5-11)10-21-16(13(3)18)20-15-12(2)8-9-19-17(15)21/h4-9,13H,10H2,1-3H3. The summed E-state index contributed by atoms with van der Waals surface area (Å²) in [7, 11) is 0. The molecule has 0 saturated carbocycles. The number of hydrogen-bond acceptors (Lipinski definition) is 2. The first kappa shape index (κ1) is 14.1. The molecule has 108 valence electrons. The molecule has 1 atom stereocenters. The molecule has 2 heterocycles. The minimum absolute atomic E-state index is 0.149. The highest BCUT2D eigenvalue weighted by atomic mass is 35.5. The number of fused-ring (bicyclic) bond motifs is 1. The molecule has 1 unspecified atom stereocenters. The molecule has 0 aliphatic rings. The van der Waals surface area contributed by atoms with E-state index in [0.717, 1.165) is 29.1 Å². The van der Waals surface area contributed by atoms with Crippen molar-refractivity contribution < 1.29 is 0 Å². The first-order valence-corrected chi connectivity index (χ1v) is 7.51. The molecule has 4 heteroatoms. The van der Waals surface area contributed by atoms with E-state index in [4.69, 9.17) is 16.6 Å². The zero-order valence-corrected chi connectivity index (χ0v) is 13.2. The molecule has 0 N–H and O–H groups in total. The van der Waals surface area contributed by atoms with Crippen LogP contribution in [-0.2, 0) is 6.54 Å². The van der Waals surface area contributed by atoms with Gasteiger partial charge in [0.2, 0.25) is 0 Å². The zero-order chi connectivity index (χ0) is 15.0. The number of aryl methyl sites for hydroxylation is 2. The van der Waals surface area contributed by atoms with Crippen LogP contribution in [0.15, 0.2) is 36.5 Å². The van der Waals surface area contributed by atoms with Gasteiger partial charge >= 0.3 is 0 Å². The number of hydrogen-bond donors (Lipinski definition) is 0. The number of pyridine rings is 1. The number of rotatable bonds is 3. The predicted octanol–water partition coefficient (Wildman–Crippen LogP) is 4.40. The summed E-state index contributed by atoms with van der Waals surface area (Å²) in [6.45, 7) is 6.83. The summed E-state index contributed by atoms with van der Waals surface area (Å²) in [6, 6.07) is 10.5. The highest BCUT2D eigenvalue weighted by molar-refractivity contribution is 6.20. The average molecular weight is 300 g/mol. The summed E-state index contributed by atoms with van der Waals surface area (Å²) < 4.78 is 2.12. The summed E-state index contributed by atoms with van der Waals surface area (Å²) in [5.74, 6) is 0.869. The molecule has 1 aromatic carbocycles. The molecule has 0 radical (unpaired) electrons. The molecule has 3 rings (SSSR count). The Hall–Kier alpha value is -1.87. The average Bonchev–Trinajstić information content (AvgIpc) is 2.82. The van der Waals surface area contributed by atoms with Gasteiger partial charge in [0.1, 0.15) is 11.3 Å². The Bertz CT molecular complexity index is 773. The summed E-state index contributed by atoms with van der Waals surface area (Å²) in [5.41, 5.74) is 5.45. The number of alkyl halides is 1. The van der Waals surface area contributed by atoms with Gasteiger partial charge in [-0.25, -0.2) is 9.97 Å². The molecule has 0 fully saturated rings. The number of halogens is 1. The van der Waals surface area contributed by atoms with Crippen molar-refractivity contribution in [3.63, 3.8) is 0 Å². The minimum Gasteiger partial charge on any atom is -0.307 e. The van der Waals surface area contributed by atoms with Crippen LogP contribution in [0.3, 0.4) is 0 Å².